The molecular formula is C19H24N2O3. The van der Waals surface area contributed by atoms with Crippen molar-refractivity contribution in [1.29, 1.82) is 0 Å². The Hall–Kier alpha value is -2.43. The third kappa shape index (κ3) is 4.31. The van der Waals surface area contributed by atoms with Crippen molar-refractivity contribution in [2.75, 3.05) is 18.0 Å². The van der Waals surface area contributed by atoms with Gasteiger partial charge in [-0.1, -0.05) is 0 Å². The van der Waals surface area contributed by atoms with Crippen LogP contribution in [0, 0.1) is 0 Å². The highest BCUT2D eigenvalue weighted by Gasteiger charge is 2.16. The molecule has 0 aliphatic carbocycles. The summed E-state index contributed by atoms with van der Waals surface area (Å²) in [5.41, 5.74) is 2.35. The third-order valence-electron chi connectivity index (χ3n) is 4.18. The molecule has 1 N–H and O–H groups in total. The van der Waals surface area contributed by atoms with Gasteiger partial charge in [0.25, 0.3) is 0 Å². The molecule has 0 bridgehead atoms. The molecule has 0 saturated carbocycles. The van der Waals surface area contributed by atoms with Crippen LogP contribution in [0.2, 0.25) is 0 Å². The Balaban J connectivity index is 2.44. The first kappa shape index (κ1) is 17.9. The van der Waals surface area contributed by atoms with Gasteiger partial charge in [-0.2, -0.15) is 0 Å². The van der Waals surface area contributed by atoms with Crippen molar-refractivity contribution in [1.82, 2.24) is 0 Å². The van der Waals surface area contributed by atoms with Crippen molar-refractivity contribution in [2.45, 2.75) is 40.0 Å². The van der Waals surface area contributed by atoms with Crippen LogP contribution in [-0.4, -0.2) is 36.0 Å². The van der Waals surface area contributed by atoms with Crippen molar-refractivity contribution in [3.05, 3.63) is 35.1 Å². The molecule has 0 aromatic heterocycles. The Kier molecular flexibility index (Phi) is 5.90. The van der Waals surface area contributed by atoms with Gasteiger partial charge in [0.2, 0.25) is 0 Å². The maximum atomic E-state index is 11.7. The second-order valence-corrected chi connectivity index (χ2v) is 6.12. The lowest BCUT2D eigenvalue weighted by Gasteiger charge is -2.30. The molecule has 5 nitrogen and oxygen atoms in total. The summed E-state index contributed by atoms with van der Waals surface area (Å²) < 4.78 is 0. The maximum Gasteiger partial charge on any atom is 0.164 e. The molecule has 1 saturated heterocycles. The van der Waals surface area contributed by atoms with Gasteiger partial charge in [0.05, 0.1) is 16.9 Å². The number of carbonyl (C=O) groups excluding carboxylic acids is 2. The lowest BCUT2D eigenvalue weighted by atomic mass is 10.1. The Labute approximate surface area is 142 Å². The van der Waals surface area contributed by atoms with Crippen LogP contribution < -0.4 is 4.90 Å². The monoisotopic (exact) mass is 328 g/mol. The number of rotatable bonds is 5. The zero-order valence-electron chi connectivity index (χ0n) is 14.5. The number of allylic oxidation sites excluding steroid dienone is 2. The van der Waals surface area contributed by atoms with E-state index in [-0.39, 0.29) is 22.9 Å². The first-order valence-electron chi connectivity index (χ1n) is 8.25. The summed E-state index contributed by atoms with van der Waals surface area (Å²) in [6, 6.07) is 5.47. The summed E-state index contributed by atoms with van der Waals surface area (Å²) in [4.78, 5) is 29.9. The average molecular weight is 328 g/mol. The van der Waals surface area contributed by atoms with Gasteiger partial charge in [-0.25, -0.2) is 0 Å². The quantitative estimate of drug-likeness (QED) is 0.384. The fourth-order valence-corrected chi connectivity index (χ4v) is 2.82. The predicted molar refractivity (Wildman–Crippen MR) is 96.7 cm³/mol. The highest BCUT2D eigenvalue weighted by Crippen LogP contribution is 2.32. The van der Waals surface area contributed by atoms with Gasteiger partial charge < -0.3 is 10.0 Å². The molecule has 1 heterocycles. The molecule has 1 aliphatic heterocycles. The number of piperidine rings is 1. The van der Waals surface area contributed by atoms with Crippen molar-refractivity contribution in [2.24, 2.45) is 4.99 Å². The van der Waals surface area contributed by atoms with E-state index in [1.165, 1.54) is 33.4 Å². The molecule has 128 valence electrons. The van der Waals surface area contributed by atoms with E-state index in [1.54, 1.807) is 6.07 Å². The highest BCUT2D eigenvalue weighted by molar-refractivity contribution is 6.13. The van der Waals surface area contributed by atoms with Crippen LogP contribution in [0.5, 0.6) is 0 Å². The zero-order valence-corrected chi connectivity index (χ0v) is 14.5. The fourth-order valence-electron chi connectivity index (χ4n) is 2.82. The van der Waals surface area contributed by atoms with Gasteiger partial charge in [0.15, 0.2) is 11.6 Å². The normalized spacial score (nSPS) is 16.2. The summed E-state index contributed by atoms with van der Waals surface area (Å²) in [6.45, 7) is 6.27. The Morgan fingerprint density at radius 3 is 2.33 bits per heavy atom. The zero-order chi connectivity index (χ0) is 17.7. The summed E-state index contributed by atoms with van der Waals surface area (Å²) in [7, 11) is 0. The van der Waals surface area contributed by atoms with Crippen LogP contribution in [-0.2, 0) is 4.79 Å². The van der Waals surface area contributed by atoms with Crippen LogP contribution in [0.3, 0.4) is 0 Å². The van der Waals surface area contributed by atoms with Gasteiger partial charge in [0, 0.05) is 24.9 Å². The number of aliphatic hydroxyl groups excluding tert-OH is 1. The number of aliphatic imine (C=N–C) groups is 1. The number of hydrogen-bond acceptors (Lipinski definition) is 5. The highest BCUT2D eigenvalue weighted by atomic mass is 16.3. The fraction of sp³-hybridized carbons (Fsp3) is 0.421. The second kappa shape index (κ2) is 7.90. The van der Waals surface area contributed by atoms with Crippen molar-refractivity contribution >= 4 is 29.2 Å². The van der Waals surface area contributed by atoms with Crippen molar-refractivity contribution in [3.8, 4) is 0 Å². The first-order chi connectivity index (χ1) is 11.4. The Morgan fingerprint density at radius 1 is 1.12 bits per heavy atom. The number of hydrogen-bond donors (Lipinski definition) is 1. The summed E-state index contributed by atoms with van der Waals surface area (Å²) in [5.74, 6) is -0.341. The molecule has 0 atom stereocenters. The molecule has 5 heteroatoms. The molecule has 0 spiro atoms. The number of carbonyl (C=O) groups is 2. The van der Waals surface area contributed by atoms with E-state index in [4.69, 9.17) is 0 Å². The molecule has 0 unspecified atom stereocenters. The SMILES string of the molecule is CC(=O)/C(C=Nc1cc(C(C)=O)ccc1N1CCCCC1)=C(\C)O. The second-order valence-electron chi connectivity index (χ2n) is 6.12. The van der Waals surface area contributed by atoms with Crippen molar-refractivity contribution < 1.29 is 14.7 Å². The molecular weight excluding hydrogens is 304 g/mol. The van der Waals surface area contributed by atoms with Crippen LogP contribution in [0.1, 0.15) is 50.4 Å². The molecule has 0 amide bonds. The lowest BCUT2D eigenvalue weighted by molar-refractivity contribution is -0.113. The van der Waals surface area contributed by atoms with Crippen LogP contribution in [0.25, 0.3) is 0 Å². The predicted octanol–water partition coefficient (Wildman–Crippen LogP) is 4.00. The molecule has 1 fully saturated rings. The van der Waals surface area contributed by atoms with Crippen LogP contribution >= 0.6 is 0 Å². The van der Waals surface area contributed by atoms with Gasteiger partial charge in [-0.3, -0.25) is 14.6 Å². The number of Topliss-reactive ketones (excluding diaryl/α,β-unsaturated/α-hetero) is 2. The summed E-state index contributed by atoms with van der Waals surface area (Å²) in [6.07, 6.45) is 4.86. The number of benzene rings is 1. The van der Waals surface area contributed by atoms with Crippen LogP contribution in [0.15, 0.2) is 34.5 Å². The minimum Gasteiger partial charge on any atom is -0.512 e. The summed E-state index contributed by atoms with van der Waals surface area (Å²) >= 11 is 0. The smallest absolute Gasteiger partial charge is 0.164 e. The molecule has 24 heavy (non-hydrogen) atoms. The maximum absolute atomic E-state index is 11.7. The van der Waals surface area contributed by atoms with Crippen LogP contribution in [0.4, 0.5) is 11.4 Å². The van der Waals surface area contributed by atoms with E-state index in [9.17, 15) is 14.7 Å². The number of anilines is 1. The molecule has 1 aromatic carbocycles. The summed E-state index contributed by atoms with van der Waals surface area (Å²) in [5, 5.41) is 9.62. The molecule has 1 aliphatic rings. The van der Waals surface area contributed by atoms with E-state index in [2.05, 4.69) is 9.89 Å². The largest absolute Gasteiger partial charge is 0.512 e. The molecule has 0 radical (unpaired) electrons. The van der Waals surface area contributed by atoms with E-state index in [0.717, 1.165) is 31.6 Å². The van der Waals surface area contributed by atoms with E-state index >= 15 is 0 Å². The van der Waals surface area contributed by atoms with E-state index < -0.39 is 0 Å². The first-order valence-corrected chi connectivity index (χ1v) is 8.25. The van der Waals surface area contributed by atoms with Crippen molar-refractivity contribution in [3.63, 3.8) is 0 Å². The topological polar surface area (TPSA) is 70.0 Å². The molecule has 1 aromatic rings. The van der Waals surface area contributed by atoms with Gasteiger partial charge >= 0.3 is 0 Å². The minimum atomic E-state index is -0.249. The third-order valence-corrected chi connectivity index (χ3v) is 4.18. The number of aliphatic hydroxyl groups is 1. The Bertz CT molecular complexity index is 695. The van der Waals surface area contributed by atoms with E-state index in [0.29, 0.717) is 11.3 Å². The Morgan fingerprint density at radius 2 is 1.79 bits per heavy atom. The lowest BCUT2D eigenvalue weighted by Crippen LogP contribution is -2.29. The number of ketones is 2. The molecule has 2 rings (SSSR count). The average Bonchev–Trinajstić information content (AvgIpc) is 2.55. The van der Waals surface area contributed by atoms with Gasteiger partial charge in [0.1, 0.15) is 5.76 Å². The van der Waals surface area contributed by atoms with E-state index in [1.807, 2.05) is 12.1 Å². The van der Waals surface area contributed by atoms with Gasteiger partial charge in [-0.05, 0) is 58.2 Å². The van der Waals surface area contributed by atoms with Gasteiger partial charge in [-0.15, -0.1) is 0 Å². The number of nitrogens with zero attached hydrogens (tertiary/aromatic N) is 2. The minimum absolute atomic E-state index is 0.0303. The standard InChI is InChI=1S/C19H24N2O3/c1-13(22)16-7-8-19(21-9-5-4-6-10-21)18(11-16)20-12-17(14(2)23)15(3)24/h7-8,11-12,23H,4-6,9-10H2,1-3H3/b17-14+,20-12?.